The summed E-state index contributed by atoms with van der Waals surface area (Å²) in [6.07, 6.45) is 14.5. The van der Waals surface area contributed by atoms with Gasteiger partial charge in [-0.15, -0.1) is 6.58 Å². The standard InChI is InChI=1S/C27H34O/c1-3-5-22-6-8-23(9-7-22)10-11-24-12-16-26(17-13-24)27-18-14-25(15-19-27)21-28-20-4-2/h3-5,12-19,22-23H,2,6-11,20-21H2,1H3/t22-,23-. The molecule has 0 heterocycles. The van der Waals surface area contributed by atoms with Gasteiger partial charge in [0.05, 0.1) is 13.2 Å². The van der Waals surface area contributed by atoms with Crippen LogP contribution in [-0.4, -0.2) is 6.61 Å². The molecule has 0 aromatic heterocycles. The summed E-state index contributed by atoms with van der Waals surface area (Å²) in [5, 5.41) is 0. The lowest BCUT2D eigenvalue weighted by atomic mass is 9.79. The predicted molar refractivity (Wildman–Crippen MR) is 120 cm³/mol. The Hall–Kier alpha value is -2.12. The first kappa shape index (κ1) is 20.6. The number of hydrogen-bond acceptors (Lipinski definition) is 1. The quantitative estimate of drug-likeness (QED) is 0.329. The molecule has 1 nitrogen and oxygen atoms in total. The van der Waals surface area contributed by atoms with Crippen LogP contribution < -0.4 is 0 Å². The zero-order chi connectivity index (χ0) is 19.6. The van der Waals surface area contributed by atoms with Crippen molar-refractivity contribution in [3.8, 4) is 11.1 Å². The molecule has 0 aliphatic heterocycles. The smallest absolute Gasteiger partial charge is 0.0721 e. The van der Waals surface area contributed by atoms with Crippen LogP contribution in [0.2, 0.25) is 0 Å². The molecule has 3 rings (SSSR count). The van der Waals surface area contributed by atoms with Gasteiger partial charge in [0.2, 0.25) is 0 Å². The molecule has 0 radical (unpaired) electrons. The first-order chi connectivity index (χ1) is 13.8. The summed E-state index contributed by atoms with van der Waals surface area (Å²) < 4.78 is 5.50. The van der Waals surface area contributed by atoms with Crippen LogP contribution >= 0.6 is 0 Å². The third-order valence-corrected chi connectivity index (χ3v) is 5.94. The van der Waals surface area contributed by atoms with Crippen molar-refractivity contribution in [2.45, 2.75) is 52.1 Å². The normalized spacial score (nSPS) is 19.8. The van der Waals surface area contributed by atoms with Crippen molar-refractivity contribution in [1.82, 2.24) is 0 Å². The van der Waals surface area contributed by atoms with Gasteiger partial charge < -0.3 is 4.74 Å². The summed E-state index contributed by atoms with van der Waals surface area (Å²) in [5.41, 5.74) is 5.22. The fraction of sp³-hybridized carbons (Fsp3) is 0.407. The van der Waals surface area contributed by atoms with Gasteiger partial charge in [-0.25, -0.2) is 0 Å². The van der Waals surface area contributed by atoms with E-state index in [1.807, 2.05) is 0 Å². The first-order valence-electron chi connectivity index (χ1n) is 10.8. The van der Waals surface area contributed by atoms with E-state index in [1.165, 1.54) is 60.8 Å². The lowest BCUT2D eigenvalue weighted by molar-refractivity contribution is 0.149. The minimum Gasteiger partial charge on any atom is -0.373 e. The van der Waals surface area contributed by atoms with Gasteiger partial charge >= 0.3 is 0 Å². The molecule has 2 aromatic rings. The molecule has 0 N–H and O–H groups in total. The average Bonchev–Trinajstić information content (AvgIpc) is 2.75. The number of aryl methyl sites for hydroxylation is 1. The van der Waals surface area contributed by atoms with E-state index in [0.29, 0.717) is 13.2 Å². The zero-order valence-corrected chi connectivity index (χ0v) is 17.3. The van der Waals surface area contributed by atoms with Crippen LogP contribution in [0.3, 0.4) is 0 Å². The van der Waals surface area contributed by atoms with Gasteiger partial charge in [0, 0.05) is 0 Å². The minimum absolute atomic E-state index is 0.598. The maximum absolute atomic E-state index is 5.50. The molecule has 0 unspecified atom stereocenters. The largest absolute Gasteiger partial charge is 0.373 e. The van der Waals surface area contributed by atoms with E-state index >= 15 is 0 Å². The summed E-state index contributed by atoms with van der Waals surface area (Å²) in [6.45, 7) is 7.05. The Kier molecular flexibility index (Phi) is 8.11. The van der Waals surface area contributed by atoms with E-state index in [-0.39, 0.29) is 0 Å². The van der Waals surface area contributed by atoms with Crippen molar-refractivity contribution in [3.63, 3.8) is 0 Å². The summed E-state index contributed by atoms with van der Waals surface area (Å²) in [6, 6.07) is 17.8. The van der Waals surface area contributed by atoms with Crippen LogP contribution in [0.5, 0.6) is 0 Å². The number of hydrogen-bond donors (Lipinski definition) is 0. The van der Waals surface area contributed by atoms with Crippen molar-refractivity contribution in [3.05, 3.63) is 84.5 Å². The second-order valence-corrected chi connectivity index (χ2v) is 8.04. The van der Waals surface area contributed by atoms with Crippen LogP contribution in [0.1, 0.15) is 50.2 Å². The van der Waals surface area contributed by atoms with Gasteiger partial charge in [0.1, 0.15) is 0 Å². The van der Waals surface area contributed by atoms with Crippen molar-refractivity contribution >= 4 is 0 Å². The van der Waals surface area contributed by atoms with Crippen LogP contribution in [0.4, 0.5) is 0 Å². The Bertz CT molecular complexity index is 731. The molecule has 1 aliphatic carbocycles. The van der Waals surface area contributed by atoms with E-state index in [1.54, 1.807) is 6.08 Å². The Morgan fingerprint density at radius 1 is 0.893 bits per heavy atom. The molecule has 1 saturated carbocycles. The highest BCUT2D eigenvalue weighted by Gasteiger charge is 2.19. The fourth-order valence-corrected chi connectivity index (χ4v) is 4.23. The molecular formula is C27H34O. The third-order valence-electron chi connectivity index (χ3n) is 5.94. The number of ether oxygens (including phenoxy) is 1. The summed E-state index contributed by atoms with van der Waals surface area (Å²) in [4.78, 5) is 0. The predicted octanol–water partition coefficient (Wildman–Crippen LogP) is 7.37. The Morgan fingerprint density at radius 2 is 1.50 bits per heavy atom. The van der Waals surface area contributed by atoms with E-state index in [0.717, 1.165) is 11.8 Å². The number of rotatable bonds is 9. The van der Waals surface area contributed by atoms with Gasteiger partial charge in [-0.05, 0) is 79.5 Å². The lowest BCUT2D eigenvalue weighted by Crippen LogP contribution is -2.13. The van der Waals surface area contributed by atoms with Crippen LogP contribution in [0.15, 0.2) is 73.3 Å². The van der Waals surface area contributed by atoms with Crippen molar-refractivity contribution in [1.29, 1.82) is 0 Å². The molecule has 1 fully saturated rings. The summed E-state index contributed by atoms with van der Waals surface area (Å²) in [7, 11) is 0. The number of benzene rings is 2. The third kappa shape index (κ3) is 6.21. The van der Waals surface area contributed by atoms with E-state index in [2.05, 4.69) is 74.2 Å². The van der Waals surface area contributed by atoms with Crippen LogP contribution in [0, 0.1) is 11.8 Å². The first-order valence-corrected chi connectivity index (χ1v) is 10.8. The Labute approximate surface area is 171 Å². The molecule has 2 aromatic carbocycles. The Morgan fingerprint density at radius 3 is 2.07 bits per heavy atom. The van der Waals surface area contributed by atoms with Crippen molar-refractivity contribution in [2.75, 3.05) is 6.61 Å². The lowest BCUT2D eigenvalue weighted by Gasteiger charge is -2.26. The molecule has 0 amide bonds. The molecule has 148 valence electrons. The second-order valence-electron chi connectivity index (χ2n) is 8.04. The molecule has 28 heavy (non-hydrogen) atoms. The Balaban J connectivity index is 1.47. The van der Waals surface area contributed by atoms with Gasteiger partial charge in [-0.2, -0.15) is 0 Å². The monoisotopic (exact) mass is 374 g/mol. The molecule has 0 saturated heterocycles. The van der Waals surface area contributed by atoms with E-state index < -0.39 is 0 Å². The highest BCUT2D eigenvalue weighted by atomic mass is 16.5. The average molecular weight is 375 g/mol. The summed E-state index contributed by atoms with van der Waals surface area (Å²) in [5.74, 6) is 1.75. The van der Waals surface area contributed by atoms with E-state index in [9.17, 15) is 0 Å². The highest BCUT2D eigenvalue weighted by Crippen LogP contribution is 2.32. The zero-order valence-electron chi connectivity index (χ0n) is 17.3. The maximum Gasteiger partial charge on any atom is 0.0721 e. The fourth-order valence-electron chi connectivity index (χ4n) is 4.23. The topological polar surface area (TPSA) is 9.23 Å². The van der Waals surface area contributed by atoms with Gasteiger partial charge in [0.15, 0.2) is 0 Å². The van der Waals surface area contributed by atoms with E-state index in [4.69, 9.17) is 4.74 Å². The van der Waals surface area contributed by atoms with Gasteiger partial charge in [-0.3, -0.25) is 0 Å². The molecule has 0 atom stereocenters. The summed E-state index contributed by atoms with van der Waals surface area (Å²) >= 11 is 0. The second kappa shape index (κ2) is 11.0. The molecule has 1 heteroatoms. The molecule has 0 spiro atoms. The molecule has 0 bridgehead atoms. The maximum atomic E-state index is 5.50. The van der Waals surface area contributed by atoms with Gasteiger partial charge in [0.25, 0.3) is 0 Å². The van der Waals surface area contributed by atoms with Crippen molar-refractivity contribution < 1.29 is 4.74 Å². The highest BCUT2D eigenvalue weighted by molar-refractivity contribution is 5.63. The minimum atomic E-state index is 0.598. The van der Waals surface area contributed by atoms with Gasteiger partial charge in [-0.1, -0.05) is 66.8 Å². The number of allylic oxidation sites excluding steroid dienone is 2. The molecule has 1 aliphatic rings. The van der Waals surface area contributed by atoms with Crippen LogP contribution in [-0.2, 0) is 17.8 Å². The SMILES string of the molecule is C=CCOCc1ccc(-c2ccc(CC[C@H]3CC[C@H](C=CC)CC3)cc2)cc1. The van der Waals surface area contributed by atoms with Crippen LogP contribution in [0.25, 0.3) is 11.1 Å². The molecular weight excluding hydrogens is 340 g/mol. The van der Waals surface area contributed by atoms with Crippen molar-refractivity contribution in [2.24, 2.45) is 11.8 Å².